The van der Waals surface area contributed by atoms with Crippen molar-refractivity contribution in [3.05, 3.63) is 35.9 Å². The average molecular weight is 364 g/mol. The van der Waals surface area contributed by atoms with Crippen LogP contribution in [0, 0.1) is 0 Å². The summed E-state index contributed by atoms with van der Waals surface area (Å²) in [5, 5.41) is 0. The molecule has 3 saturated heterocycles. The first-order valence-corrected chi connectivity index (χ1v) is 8.80. The van der Waals surface area contributed by atoms with Gasteiger partial charge >= 0.3 is 5.97 Å². The quantitative estimate of drug-likeness (QED) is 0.745. The fourth-order valence-electron chi connectivity index (χ4n) is 3.61. The molecule has 0 bridgehead atoms. The fourth-order valence-corrected chi connectivity index (χ4v) is 3.61. The number of ether oxygens (including phenoxy) is 6. The molecule has 0 saturated carbocycles. The highest BCUT2D eigenvalue weighted by Gasteiger charge is 2.66. The SMILES string of the molecule is CC1(C)OC[C@@H]2OC3(COC(C)(C)O3)[C@@H](OC(=O)c3ccccc3)[C@@H]2O1. The molecule has 1 spiro atoms. The number of carbonyl (C=O) groups is 1. The van der Waals surface area contributed by atoms with E-state index in [1.807, 2.05) is 19.9 Å². The van der Waals surface area contributed by atoms with E-state index in [1.165, 1.54) is 0 Å². The van der Waals surface area contributed by atoms with Gasteiger partial charge in [-0.1, -0.05) is 18.2 Å². The van der Waals surface area contributed by atoms with Gasteiger partial charge in [0.2, 0.25) is 5.79 Å². The second-order valence-corrected chi connectivity index (χ2v) is 7.74. The molecule has 1 unspecified atom stereocenters. The summed E-state index contributed by atoms with van der Waals surface area (Å²) in [6.07, 6.45) is -1.69. The average Bonchev–Trinajstić information content (AvgIpc) is 3.04. The minimum atomic E-state index is -1.22. The van der Waals surface area contributed by atoms with Crippen LogP contribution >= 0.6 is 0 Å². The van der Waals surface area contributed by atoms with Crippen molar-refractivity contribution in [2.45, 2.75) is 63.4 Å². The van der Waals surface area contributed by atoms with Crippen molar-refractivity contribution >= 4 is 5.97 Å². The molecule has 3 aliphatic heterocycles. The Bertz CT molecular complexity index is 684. The number of esters is 1. The van der Waals surface area contributed by atoms with E-state index in [-0.39, 0.29) is 6.61 Å². The van der Waals surface area contributed by atoms with Gasteiger partial charge in [0.05, 0.1) is 12.2 Å². The summed E-state index contributed by atoms with van der Waals surface area (Å²) in [6, 6.07) is 8.81. The Balaban J connectivity index is 1.63. The largest absolute Gasteiger partial charge is 0.450 e. The highest BCUT2D eigenvalue weighted by Crippen LogP contribution is 2.46. The van der Waals surface area contributed by atoms with Crippen LogP contribution in [0.5, 0.6) is 0 Å². The summed E-state index contributed by atoms with van der Waals surface area (Å²) < 4.78 is 35.5. The number of hydrogen-bond acceptors (Lipinski definition) is 7. The van der Waals surface area contributed by atoms with Crippen molar-refractivity contribution in [2.75, 3.05) is 13.2 Å². The van der Waals surface area contributed by atoms with Gasteiger partial charge in [-0.15, -0.1) is 0 Å². The number of rotatable bonds is 2. The van der Waals surface area contributed by atoms with E-state index in [0.717, 1.165) is 0 Å². The van der Waals surface area contributed by atoms with Gasteiger partial charge in [-0.05, 0) is 39.8 Å². The lowest BCUT2D eigenvalue weighted by atomic mass is 10.0. The molecule has 0 N–H and O–H groups in total. The van der Waals surface area contributed by atoms with Crippen molar-refractivity contribution in [3.63, 3.8) is 0 Å². The third kappa shape index (κ3) is 3.14. The van der Waals surface area contributed by atoms with Crippen molar-refractivity contribution in [2.24, 2.45) is 0 Å². The van der Waals surface area contributed by atoms with Crippen LogP contribution in [0.3, 0.4) is 0 Å². The summed E-state index contributed by atoms with van der Waals surface area (Å²) >= 11 is 0. The Morgan fingerprint density at radius 2 is 1.77 bits per heavy atom. The Kier molecular flexibility index (Phi) is 4.13. The predicted molar refractivity (Wildman–Crippen MR) is 89.3 cm³/mol. The molecule has 3 aliphatic rings. The van der Waals surface area contributed by atoms with E-state index < -0.39 is 41.6 Å². The summed E-state index contributed by atoms with van der Waals surface area (Å²) in [7, 11) is 0. The maximum Gasteiger partial charge on any atom is 0.338 e. The first-order chi connectivity index (χ1) is 12.2. The molecule has 7 heteroatoms. The molecule has 142 valence electrons. The molecule has 1 aromatic carbocycles. The highest BCUT2D eigenvalue weighted by molar-refractivity contribution is 5.89. The molecule has 3 fully saturated rings. The van der Waals surface area contributed by atoms with Crippen LogP contribution in [0.1, 0.15) is 38.1 Å². The van der Waals surface area contributed by atoms with E-state index in [2.05, 4.69) is 0 Å². The Labute approximate surface area is 152 Å². The van der Waals surface area contributed by atoms with Gasteiger partial charge in [0, 0.05) is 0 Å². The van der Waals surface area contributed by atoms with Crippen molar-refractivity contribution in [3.8, 4) is 0 Å². The smallest absolute Gasteiger partial charge is 0.338 e. The van der Waals surface area contributed by atoms with E-state index in [1.54, 1.807) is 38.1 Å². The lowest BCUT2D eigenvalue weighted by molar-refractivity contribution is -0.303. The van der Waals surface area contributed by atoms with E-state index in [9.17, 15) is 4.79 Å². The van der Waals surface area contributed by atoms with Crippen LogP contribution in [0.25, 0.3) is 0 Å². The van der Waals surface area contributed by atoms with Gasteiger partial charge in [-0.2, -0.15) is 0 Å². The monoisotopic (exact) mass is 364 g/mol. The number of benzene rings is 1. The highest BCUT2D eigenvalue weighted by atomic mass is 16.9. The number of fused-ring (bicyclic) bond motifs is 1. The van der Waals surface area contributed by atoms with E-state index >= 15 is 0 Å². The maximum atomic E-state index is 12.7. The summed E-state index contributed by atoms with van der Waals surface area (Å²) in [6.45, 7) is 7.70. The van der Waals surface area contributed by atoms with Crippen LogP contribution < -0.4 is 0 Å². The number of hydrogen-bond donors (Lipinski definition) is 0. The maximum absolute atomic E-state index is 12.7. The summed E-state index contributed by atoms with van der Waals surface area (Å²) in [5.41, 5.74) is 0.454. The van der Waals surface area contributed by atoms with Crippen molar-refractivity contribution in [1.29, 1.82) is 0 Å². The second kappa shape index (κ2) is 6.00. The molecule has 0 radical (unpaired) electrons. The molecule has 4 rings (SSSR count). The van der Waals surface area contributed by atoms with Crippen LogP contribution in [-0.2, 0) is 28.4 Å². The van der Waals surface area contributed by atoms with E-state index in [0.29, 0.717) is 12.2 Å². The molecule has 0 amide bonds. The molecule has 26 heavy (non-hydrogen) atoms. The molecule has 3 heterocycles. The summed E-state index contributed by atoms with van der Waals surface area (Å²) in [4.78, 5) is 12.7. The Morgan fingerprint density at radius 3 is 2.42 bits per heavy atom. The van der Waals surface area contributed by atoms with Crippen LogP contribution in [0.4, 0.5) is 0 Å². The predicted octanol–water partition coefficient (Wildman–Crippen LogP) is 2.24. The van der Waals surface area contributed by atoms with Gasteiger partial charge in [-0.3, -0.25) is 0 Å². The fraction of sp³-hybridized carbons (Fsp3) is 0.632. The van der Waals surface area contributed by atoms with Crippen molar-refractivity contribution < 1.29 is 33.2 Å². The van der Waals surface area contributed by atoms with Gasteiger partial charge in [0.25, 0.3) is 0 Å². The van der Waals surface area contributed by atoms with Gasteiger partial charge < -0.3 is 28.4 Å². The van der Waals surface area contributed by atoms with Gasteiger partial charge in [0.1, 0.15) is 18.8 Å². The standard InChI is InChI=1S/C19H24O7/c1-17(2)21-10-13-14(25-17)15(19(24-13)11-22-18(3,4)26-19)23-16(20)12-8-6-5-7-9-12/h5-9,13-15H,10-11H2,1-4H3/t13-,14+,15-,19?/m0/s1. The molecule has 1 aromatic rings. The lowest BCUT2D eigenvalue weighted by Gasteiger charge is -2.38. The third-order valence-electron chi connectivity index (χ3n) is 4.75. The van der Waals surface area contributed by atoms with Gasteiger partial charge in [0.15, 0.2) is 17.7 Å². The lowest BCUT2D eigenvalue weighted by Crippen LogP contribution is -2.53. The zero-order chi connectivity index (χ0) is 18.6. The zero-order valence-corrected chi connectivity index (χ0v) is 15.4. The molecule has 7 nitrogen and oxygen atoms in total. The van der Waals surface area contributed by atoms with Gasteiger partial charge in [-0.25, -0.2) is 4.79 Å². The molecule has 0 aliphatic carbocycles. The summed E-state index contributed by atoms with van der Waals surface area (Å²) in [5.74, 6) is -3.32. The molecule has 0 aromatic heterocycles. The normalized spacial score (nSPS) is 37.5. The van der Waals surface area contributed by atoms with E-state index in [4.69, 9.17) is 28.4 Å². The Hall–Kier alpha value is -1.51. The topological polar surface area (TPSA) is 72.5 Å². The molecular formula is C19H24O7. The Morgan fingerprint density at radius 1 is 1.04 bits per heavy atom. The first kappa shape index (κ1) is 17.9. The van der Waals surface area contributed by atoms with Crippen molar-refractivity contribution in [1.82, 2.24) is 0 Å². The second-order valence-electron chi connectivity index (χ2n) is 7.74. The minimum absolute atomic E-state index is 0.142. The zero-order valence-electron chi connectivity index (χ0n) is 15.4. The molecule has 4 atom stereocenters. The minimum Gasteiger partial charge on any atom is -0.450 e. The molecular weight excluding hydrogens is 340 g/mol. The third-order valence-corrected chi connectivity index (χ3v) is 4.75. The first-order valence-electron chi connectivity index (χ1n) is 8.80. The van der Waals surface area contributed by atoms with Crippen LogP contribution in [-0.4, -0.2) is 54.9 Å². The van der Waals surface area contributed by atoms with Crippen LogP contribution in [0.15, 0.2) is 30.3 Å². The van der Waals surface area contributed by atoms with Crippen LogP contribution in [0.2, 0.25) is 0 Å². The number of carbonyl (C=O) groups excluding carboxylic acids is 1.